The first-order valence-electron chi connectivity index (χ1n) is 10.5. The highest BCUT2D eigenvalue weighted by Crippen LogP contribution is 2.40. The van der Waals surface area contributed by atoms with E-state index in [1.54, 1.807) is 0 Å². The molecule has 0 aliphatic rings. The maximum absolute atomic E-state index is 13.2. The van der Waals surface area contributed by atoms with Crippen LogP contribution in [0, 0.1) is 0 Å². The molecule has 0 spiro atoms. The summed E-state index contributed by atoms with van der Waals surface area (Å²) >= 11 is 0. The summed E-state index contributed by atoms with van der Waals surface area (Å²) in [6.45, 7) is 6.06. The molecule has 1 aromatic heterocycles. The summed E-state index contributed by atoms with van der Waals surface area (Å²) in [5.74, 6) is -1.48. The monoisotopic (exact) mass is 452 g/mol. The van der Waals surface area contributed by atoms with Crippen molar-refractivity contribution in [1.82, 2.24) is 0 Å². The van der Waals surface area contributed by atoms with E-state index in [0.717, 1.165) is 18.4 Å². The summed E-state index contributed by atoms with van der Waals surface area (Å²) in [5, 5.41) is 40.7. The number of fused-ring (bicyclic) bond motifs is 1. The van der Waals surface area contributed by atoms with E-state index in [1.165, 1.54) is 36.9 Å². The smallest absolute Gasteiger partial charge is 0.239 e. The van der Waals surface area contributed by atoms with E-state index in [2.05, 4.69) is 6.08 Å². The number of ether oxygens (including phenoxy) is 1. The molecule has 2 aromatic carbocycles. The average molecular weight is 453 g/mol. The van der Waals surface area contributed by atoms with E-state index in [9.17, 15) is 25.2 Å². The molecule has 0 bridgehead atoms. The lowest BCUT2D eigenvalue weighted by Gasteiger charge is -2.13. The zero-order valence-electron chi connectivity index (χ0n) is 19.1. The van der Waals surface area contributed by atoms with E-state index in [0.29, 0.717) is 0 Å². The number of rotatable bonds is 7. The highest BCUT2D eigenvalue weighted by atomic mass is 16.5. The standard InChI is InChI=1S/C26H28O7/c1-14(2)6-5-7-15(3)8-10-17-19(28)13-21-22(23(17)30)24(31)26(32-4)25(33-21)16-9-11-18(27)20(29)12-16/h6,8-9,11-13,27-30H,5,7,10H2,1-4H3/b15-8+. The summed E-state index contributed by atoms with van der Waals surface area (Å²) in [5.41, 5.74) is 2.18. The minimum absolute atomic E-state index is 0.00753. The fourth-order valence-electron chi connectivity index (χ4n) is 3.55. The van der Waals surface area contributed by atoms with Crippen molar-refractivity contribution in [2.24, 2.45) is 0 Å². The van der Waals surface area contributed by atoms with Gasteiger partial charge in [-0.25, -0.2) is 0 Å². The van der Waals surface area contributed by atoms with Crippen LogP contribution in [0.15, 0.2) is 56.8 Å². The fourth-order valence-corrected chi connectivity index (χ4v) is 3.55. The van der Waals surface area contributed by atoms with Crippen LogP contribution >= 0.6 is 0 Å². The molecule has 0 atom stereocenters. The second-order valence-corrected chi connectivity index (χ2v) is 8.17. The lowest BCUT2D eigenvalue weighted by Crippen LogP contribution is -2.08. The molecule has 1 heterocycles. The fraction of sp³-hybridized carbons (Fsp3) is 0.269. The summed E-state index contributed by atoms with van der Waals surface area (Å²) < 4.78 is 11.1. The Morgan fingerprint density at radius 3 is 2.36 bits per heavy atom. The van der Waals surface area contributed by atoms with E-state index < -0.39 is 11.2 Å². The van der Waals surface area contributed by atoms with Crippen molar-refractivity contribution in [3.63, 3.8) is 0 Å². The van der Waals surface area contributed by atoms with Gasteiger partial charge in [0.1, 0.15) is 22.5 Å². The number of methoxy groups -OCH3 is 1. The van der Waals surface area contributed by atoms with Crippen molar-refractivity contribution in [2.75, 3.05) is 7.11 Å². The molecule has 7 nitrogen and oxygen atoms in total. The van der Waals surface area contributed by atoms with Crippen LogP contribution in [0.4, 0.5) is 0 Å². The molecule has 0 unspecified atom stereocenters. The van der Waals surface area contributed by atoms with E-state index in [4.69, 9.17) is 9.15 Å². The number of hydrogen-bond donors (Lipinski definition) is 4. The Morgan fingerprint density at radius 2 is 1.73 bits per heavy atom. The molecule has 0 saturated carbocycles. The molecular formula is C26H28O7. The van der Waals surface area contributed by atoms with Crippen molar-refractivity contribution < 1.29 is 29.6 Å². The Kier molecular flexibility index (Phi) is 7.01. The van der Waals surface area contributed by atoms with Crippen molar-refractivity contribution in [3.8, 4) is 40.1 Å². The van der Waals surface area contributed by atoms with Crippen LogP contribution in [-0.4, -0.2) is 27.5 Å². The number of hydrogen-bond acceptors (Lipinski definition) is 7. The first-order chi connectivity index (χ1) is 15.6. The maximum Gasteiger partial charge on any atom is 0.239 e. The minimum Gasteiger partial charge on any atom is -0.507 e. The normalized spacial score (nSPS) is 11.6. The first-order valence-corrected chi connectivity index (χ1v) is 10.5. The zero-order valence-corrected chi connectivity index (χ0v) is 19.1. The molecule has 0 radical (unpaired) electrons. The van der Waals surface area contributed by atoms with E-state index >= 15 is 0 Å². The zero-order chi connectivity index (χ0) is 24.3. The lowest BCUT2D eigenvalue weighted by molar-refractivity contribution is 0.395. The number of phenols is 4. The summed E-state index contributed by atoms with van der Waals surface area (Å²) in [7, 11) is 1.29. The lowest BCUT2D eigenvalue weighted by atomic mass is 10.0. The van der Waals surface area contributed by atoms with E-state index in [1.807, 2.05) is 26.8 Å². The summed E-state index contributed by atoms with van der Waals surface area (Å²) in [4.78, 5) is 13.2. The predicted molar refractivity (Wildman–Crippen MR) is 127 cm³/mol. The molecule has 33 heavy (non-hydrogen) atoms. The Morgan fingerprint density at radius 1 is 1.00 bits per heavy atom. The molecule has 0 fully saturated rings. The molecule has 0 aliphatic carbocycles. The number of benzene rings is 2. The largest absolute Gasteiger partial charge is 0.507 e. The molecule has 0 amide bonds. The third-order valence-corrected chi connectivity index (χ3v) is 5.39. The molecule has 0 aliphatic heterocycles. The van der Waals surface area contributed by atoms with Gasteiger partial charge >= 0.3 is 0 Å². The quantitative estimate of drug-likeness (QED) is 0.275. The Bertz CT molecular complexity index is 1310. The number of aromatic hydroxyl groups is 4. The number of allylic oxidation sites excluding steroid dienone is 4. The second kappa shape index (κ2) is 9.73. The van der Waals surface area contributed by atoms with Gasteiger partial charge in [0.25, 0.3) is 0 Å². The Balaban J connectivity index is 2.09. The van der Waals surface area contributed by atoms with Crippen molar-refractivity contribution in [3.05, 3.63) is 63.4 Å². The van der Waals surface area contributed by atoms with Crippen LogP contribution in [-0.2, 0) is 6.42 Å². The molecule has 3 rings (SSSR count). The van der Waals surface area contributed by atoms with Crippen LogP contribution in [0.2, 0.25) is 0 Å². The minimum atomic E-state index is -0.621. The third-order valence-electron chi connectivity index (χ3n) is 5.39. The van der Waals surface area contributed by atoms with Crippen LogP contribution in [0.3, 0.4) is 0 Å². The van der Waals surface area contributed by atoms with Gasteiger partial charge < -0.3 is 29.6 Å². The van der Waals surface area contributed by atoms with Gasteiger partial charge in [0.15, 0.2) is 17.3 Å². The van der Waals surface area contributed by atoms with Gasteiger partial charge in [-0.1, -0.05) is 23.3 Å². The summed E-state index contributed by atoms with van der Waals surface area (Å²) in [6.07, 6.45) is 6.04. The second-order valence-electron chi connectivity index (χ2n) is 8.17. The highest BCUT2D eigenvalue weighted by Gasteiger charge is 2.23. The topological polar surface area (TPSA) is 120 Å². The van der Waals surface area contributed by atoms with Gasteiger partial charge in [0, 0.05) is 17.2 Å². The molecular weight excluding hydrogens is 424 g/mol. The SMILES string of the molecule is COc1c(-c2ccc(O)c(O)c2)oc2cc(O)c(C/C=C(\C)CCC=C(C)C)c(O)c2c1=O. The highest BCUT2D eigenvalue weighted by molar-refractivity contribution is 5.90. The van der Waals surface area contributed by atoms with Crippen LogP contribution in [0.1, 0.15) is 39.2 Å². The predicted octanol–water partition coefficient (Wildman–Crippen LogP) is 5.53. The first kappa shape index (κ1) is 23.8. The van der Waals surface area contributed by atoms with Crippen molar-refractivity contribution >= 4 is 11.0 Å². The van der Waals surface area contributed by atoms with Gasteiger partial charge in [-0.05, 0) is 58.2 Å². The van der Waals surface area contributed by atoms with Crippen LogP contribution in [0.25, 0.3) is 22.3 Å². The average Bonchev–Trinajstić information content (AvgIpc) is 2.74. The van der Waals surface area contributed by atoms with Gasteiger partial charge in [0.2, 0.25) is 11.2 Å². The Labute approximate surface area is 191 Å². The van der Waals surface area contributed by atoms with Crippen LogP contribution < -0.4 is 10.2 Å². The molecule has 3 aromatic rings. The summed E-state index contributed by atoms with van der Waals surface area (Å²) in [6, 6.07) is 5.19. The van der Waals surface area contributed by atoms with Gasteiger partial charge in [-0.3, -0.25) is 4.79 Å². The van der Waals surface area contributed by atoms with Gasteiger partial charge in [-0.2, -0.15) is 0 Å². The molecule has 4 N–H and O–H groups in total. The van der Waals surface area contributed by atoms with Gasteiger partial charge in [0.05, 0.1) is 7.11 Å². The van der Waals surface area contributed by atoms with Crippen LogP contribution in [0.5, 0.6) is 28.7 Å². The van der Waals surface area contributed by atoms with Crippen molar-refractivity contribution in [2.45, 2.75) is 40.0 Å². The molecule has 174 valence electrons. The number of phenolic OH excluding ortho intramolecular Hbond substituents is 4. The molecule has 0 saturated heterocycles. The third kappa shape index (κ3) is 4.98. The Hall–Kier alpha value is -3.87. The van der Waals surface area contributed by atoms with Gasteiger partial charge in [-0.15, -0.1) is 0 Å². The van der Waals surface area contributed by atoms with Crippen molar-refractivity contribution in [1.29, 1.82) is 0 Å². The maximum atomic E-state index is 13.2. The van der Waals surface area contributed by atoms with E-state index in [-0.39, 0.29) is 57.3 Å². The molecule has 7 heteroatoms.